The molecule has 0 spiro atoms. The molecule has 3 heterocycles. The number of benzene rings is 3. The van der Waals surface area contributed by atoms with Gasteiger partial charge in [-0.3, -0.25) is 47.9 Å². The quantitative estimate of drug-likeness (QED) is 0.00979. The van der Waals surface area contributed by atoms with Crippen LogP contribution in [0.4, 0.5) is 0 Å². The van der Waals surface area contributed by atoms with Crippen LogP contribution in [0, 0.1) is 23.2 Å². The van der Waals surface area contributed by atoms with Crippen LogP contribution in [-0.2, 0) is 81.9 Å². The van der Waals surface area contributed by atoms with Crippen LogP contribution in [0.2, 0.25) is 0 Å². The van der Waals surface area contributed by atoms with Gasteiger partial charge in [0.05, 0.1) is 112 Å². The lowest BCUT2D eigenvalue weighted by molar-refractivity contribution is -0.147. The Kier molecular flexibility index (Phi) is 27.9. The zero-order chi connectivity index (χ0) is 64.5. The molecule has 0 N–H and O–H groups in total. The fourth-order valence-electron chi connectivity index (χ4n) is 10.3. The summed E-state index contributed by atoms with van der Waals surface area (Å²) in [5, 5.41) is 9.53. The number of nitrogens with zero attached hydrogens (tertiary/aromatic N) is 7. The molecule has 3 aromatic carbocycles. The van der Waals surface area contributed by atoms with Gasteiger partial charge in [0.25, 0.3) is 14.1 Å². The van der Waals surface area contributed by atoms with E-state index in [4.69, 9.17) is 51.9 Å². The average molecular weight is 1250 g/mol. The van der Waals surface area contributed by atoms with Crippen molar-refractivity contribution in [2.24, 2.45) is 0 Å². The number of hydrogen-bond acceptors (Lipinski definition) is 21. The Bertz CT molecular complexity index is 3170. The molecule has 1 aliphatic heterocycles. The molecule has 2 unspecified atom stereocenters. The molecule has 6 rings (SSSR count). The molecule has 89 heavy (non-hydrogen) atoms. The van der Waals surface area contributed by atoms with Crippen molar-refractivity contribution in [2.75, 3.05) is 82.1 Å². The standard InChI is InChI=1S/C65H82N7O16P/c1-46(2)72(47(3)4)89(86-35-19-32-66)88-56-38-59(87-57(56)45-85-65(49-21-16-14-17-22-49,50-23-27-54(79-5)28-24-50)51-25-29-55(80-6)30-26-51)71-34-31-58(73)70(64(71)78)33-18-13-11-12-15-20-48-36-52(39-68(41-60(74)81-7)42-61(75)82-8)67-53(37-48)40-69(43-62(76)83-9)44-63(77)84-10/h14,16-17,21-31,34,36-37,46-47,56-57,59H,11-13,18-19,33,35,38-45H2,1-10H3/t56?,57-,59-,89?/m1/s1. The van der Waals surface area contributed by atoms with E-state index in [1.165, 1.54) is 59.6 Å². The van der Waals surface area contributed by atoms with Crippen molar-refractivity contribution in [3.8, 4) is 29.4 Å². The first kappa shape index (κ1) is 70.3. The van der Waals surface area contributed by atoms with Crippen LogP contribution in [0.3, 0.4) is 0 Å². The van der Waals surface area contributed by atoms with Crippen LogP contribution in [0.5, 0.6) is 11.5 Å². The summed E-state index contributed by atoms with van der Waals surface area (Å²) in [6.45, 7) is 7.46. The highest BCUT2D eigenvalue weighted by Gasteiger charge is 2.45. The van der Waals surface area contributed by atoms with Crippen molar-refractivity contribution >= 4 is 32.4 Å². The van der Waals surface area contributed by atoms with E-state index in [0.29, 0.717) is 54.1 Å². The maximum Gasteiger partial charge on any atom is 0.333 e. The molecule has 0 bridgehead atoms. The van der Waals surface area contributed by atoms with E-state index in [1.807, 2.05) is 78.9 Å². The summed E-state index contributed by atoms with van der Waals surface area (Å²) in [7, 11) is 6.38. The Morgan fingerprint density at radius 3 is 1.70 bits per heavy atom. The van der Waals surface area contributed by atoms with Crippen molar-refractivity contribution in [3.05, 3.63) is 158 Å². The maximum absolute atomic E-state index is 14.6. The zero-order valence-electron chi connectivity index (χ0n) is 52.4. The van der Waals surface area contributed by atoms with Gasteiger partial charge in [-0.15, -0.1) is 0 Å². The lowest BCUT2D eigenvalue weighted by Gasteiger charge is -2.39. The van der Waals surface area contributed by atoms with Gasteiger partial charge in [0.15, 0.2) is 0 Å². The highest BCUT2D eigenvalue weighted by Crippen LogP contribution is 2.51. The van der Waals surface area contributed by atoms with Crippen LogP contribution >= 0.6 is 8.53 Å². The fourth-order valence-corrected chi connectivity index (χ4v) is 12.0. The summed E-state index contributed by atoms with van der Waals surface area (Å²) < 4.78 is 63.1. The smallest absolute Gasteiger partial charge is 0.333 e. The summed E-state index contributed by atoms with van der Waals surface area (Å²) in [4.78, 5) is 85.3. The van der Waals surface area contributed by atoms with Gasteiger partial charge in [-0.25, -0.2) is 9.46 Å². The number of carbonyl (C=O) groups excluding carboxylic acids is 4. The number of unbranched alkanes of at least 4 members (excludes halogenated alkanes) is 3. The van der Waals surface area contributed by atoms with E-state index in [2.05, 4.69) is 50.3 Å². The average Bonchev–Trinajstić information content (AvgIpc) is 1.62. The van der Waals surface area contributed by atoms with Crippen LogP contribution in [0.25, 0.3) is 0 Å². The van der Waals surface area contributed by atoms with Crippen LogP contribution in [0.1, 0.15) is 106 Å². The molecule has 0 aliphatic carbocycles. The third-order valence-corrected chi connectivity index (χ3v) is 16.7. The number of nitriles is 1. The Hall–Kier alpha value is -7.83. The molecule has 2 aromatic heterocycles. The molecule has 4 atom stereocenters. The number of esters is 4. The largest absolute Gasteiger partial charge is 0.497 e. The van der Waals surface area contributed by atoms with Crippen molar-refractivity contribution in [2.45, 2.75) is 122 Å². The first-order valence-electron chi connectivity index (χ1n) is 29.3. The highest BCUT2D eigenvalue weighted by molar-refractivity contribution is 7.44. The zero-order valence-corrected chi connectivity index (χ0v) is 53.3. The van der Waals surface area contributed by atoms with Gasteiger partial charge in [-0.2, -0.15) is 5.26 Å². The van der Waals surface area contributed by atoms with Gasteiger partial charge in [0.2, 0.25) is 0 Å². The molecule has 1 aliphatic rings. The van der Waals surface area contributed by atoms with Gasteiger partial charge in [-0.1, -0.05) is 72.9 Å². The van der Waals surface area contributed by atoms with Gasteiger partial charge in [-0.05, 0) is 93.6 Å². The minimum absolute atomic E-state index is 0.0118. The molecule has 478 valence electrons. The third kappa shape index (κ3) is 20.1. The number of carbonyl (C=O) groups is 4. The lowest BCUT2D eigenvalue weighted by Crippen LogP contribution is -2.41. The minimum atomic E-state index is -1.79. The van der Waals surface area contributed by atoms with Crippen molar-refractivity contribution in [1.82, 2.24) is 28.6 Å². The lowest BCUT2D eigenvalue weighted by atomic mass is 9.80. The Balaban J connectivity index is 1.26. The SMILES string of the molecule is COC(=O)CN(CC(=O)OC)Cc1cc(C#CCCCCCn2c(=O)ccn([C@H]3CC(OP(OCCC#N)N(C(C)C)C(C)C)[C@@H](COC(c4ccccc4)(c4ccc(OC)cc4)c4ccc(OC)cc4)O3)c2=O)cc(CN(CC(=O)OC)CC(=O)OC)n1. The van der Waals surface area contributed by atoms with E-state index in [-0.39, 0.29) is 84.0 Å². The first-order valence-corrected chi connectivity index (χ1v) is 30.4. The third-order valence-electron chi connectivity index (χ3n) is 14.6. The Morgan fingerprint density at radius 1 is 0.697 bits per heavy atom. The summed E-state index contributed by atoms with van der Waals surface area (Å²) in [6.07, 6.45) is 1.47. The topological polar surface area (TPSA) is 251 Å². The van der Waals surface area contributed by atoms with Crippen LogP contribution in [-0.4, -0.2) is 159 Å². The van der Waals surface area contributed by atoms with Gasteiger partial charge in [0.1, 0.15) is 29.4 Å². The molecule has 0 amide bonds. The van der Waals surface area contributed by atoms with E-state index >= 15 is 0 Å². The predicted octanol–water partition coefficient (Wildman–Crippen LogP) is 7.29. The molecule has 23 nitrogen and oxygen atoms in total. The summed E-state index contributed by atoms with van der Waals surface area (Å²) in [5.41, 5.74) is 1.57. The molecular weight excluding hydrogens is 1170 g/mol. The normalized spacial score (nSPS) is 15.1. The van der Waals surface area contributed by atoms with Crippen molar-refractivity contribution in [3.63, 3.8) is 0 Å². The number of rotatable bonds is 34. The molecule has 24 heteroatoms. The van der Waals surface area contributed by atoms with E-state index in [0.717, 1.165) is 16.7 Å². The van der Waals surface area contributed by atoms with E-state index in [9.17, 15) is 34.0 Å². The summed E-state index contributed by atoms with van der Waals surface area (Å²) >= 11 is 0. The number of hydrogen-bond donors (Lipinski definition) is 0. The first-order chi connectivity index (χ1) is 42.9. The minimum Gasteiger partial charge on any atom is -0.497 e. The molecular formula is C65H82N7O16P. The van der Waals surface area contributed by atoms with Crippen molar-refractivity contribution < 1.29 is 66.1 Å². The fraction of sp³-hybridized carbons (Fsp3) is 0.477. The number of ether oxygens (including phenoxy) is 8. The second kappa shape index (κ2) is 35.4. The Morgan fingerprint density at radius 2 is 1.21 bits per heavy atom. The Labute approximate surface area is 521 Å². The second-order valence-corrected chi connectivity index (χ2v) is 22.8. The molecule has 1 fully saturated rings. The summed E-state index contributed by atoms with van der Waals surface area (Å²) in [5.74, 6) is 5.35. The van der Waals surface area contributed by atoms with Crippen LogP contribution < -0.4 is 20.7 Å². The molecule has 1 saturated heterocycles. The monoisotopic (exact) mass is 1250 g/mol. The number of aromatic nitrogens is 3. The number of pyridine rings is 1. The predicted molar refractivity (Wildman–Crippen MR) is 330 cm³/mol. The second-order valence-electron chi connectivity index (χ2n) is 21.4. The molecule has 0 saturated carbocycles. The molecule has 0 radical (unpaired) electrons. The van der Waals surface area contributed by atoms with Gasteiger partial charge >= 0.3 is 29.6 Å². The number of methoxy groups -OCH3 is 6. The van der Waals surface area contributed by atoms with Gasteiger partial charge in [0, 0.05) is 62.4 Å². The van der Waals surface area contributed by atoms with E-state index in [1.54, 1.807) is 26.4 Å². The maximum atomic E-state index is 14.6. The van der Waals surface area contributed by atoms with Crippen LogP contribution in [0.15, 0.2) is 113 Å². The summed E-state index contributed by atoms with van der Waals surface area (Å²) in [6, 6.07) is 32.2. The van der Waals surface area contributed by atoms with Gasteiger partial charge < -0.3 is 46.9 Å². The molecule has 5 aromatic rings. The highest BCUT2D eigenvalue weighted by atomic mass is 31.2. The van der Waals surface area contributed by atoms with Crippen molar-refractivity contribution in [1.29, 1.82) is 5.26 Å². The van der Waals surface area contributed by atoms with E-state index < -0.39 is 67.7 Å².